The highest BCUT2D eigenvalue weighted by molar-refractivity contribution is 7.99. The number of thioether (sulfide) groups is 1. The molecule has 0 radical (unpaired) electrons. The molecular formula is C26H26ClN5OS. The van der Waals surface area contributed by atoms with Crippen LogP contribution in [0, 0.1) is 6.92 Å². The summed E-state index contributed by atoms with van der Waals surface area (Å²) in [5.74, 6) is 1.25. The van der Waals surface area contributed by atoms with E-state index in [4.69, 9.17) is 11.6 Å². The molecule has 2 aromatic carbocycles. The van der Waals surface area contributed by atoms with E-state index in [-0.39, 0.29) is 11.7 Å². The summed E-state index contributed by atoms with van der Waals surface area (Å²) in [6.45, 7) is 6.32. The maximum Gasteiger partial charge on any atom is 0.234 e. The van der Waals surface area contributed by atoms with Crippen LogP contribution in [0.1, 0.15) is 37.3 Å². The molecule has 2 aromatic heterocycles. The molecule has 0 saturated heterocycles. The van der Waals surface area contributed by atoms with Crippen molar-refractivity contribution >= 4 is 35.0 Å². The van der Waals surface area contributed by atoms with Gasteiger partial charge in [-0.3, -0.25) is 14.3 Å². The lowest BCUT2D eigenvalue weighted by Crippen LogP contribution is -2.14. The highest BCUT2D eigenvalue weighted by atomic mass is 35.5. The number of amides is 1. The third-order valence-corrected chi connectivity index (χ3v) is 7.10. The Kier molecular flexibility index (Phi) is 7.65. The molecule has 1 amide bonds. The highest BCUT2D eigenvalue weighted by Gasteiger charge is 2.19. The van der Waals surface area contributed by atoms with Crippen LogP contribution in [0.3, 0.4) is 0 Å². The smallest absolute Gasteiger partial charge is 0.234 e. The molecule has 0 aliphatic rings. The van der Waals surface area contributed by atoms with Crippen LogP contribution in [0.5, 0.6) is 0 Å². The van der Waals surface area contributed by atoms with Gasteiger partial charge in [0.2, 0.25) is 5.91 Å². The van der Waals surface area contributed by atoms with E-state index in [0.29, 0.717) is 21.9 Å². The molecule has 2 heterocycles. The number of pyridine rings is 1. The van der Waals surface area contributed by atoms with Gasteiger partial charge in [0.15, 0.2) is 11.0 Å². The lowest BCUT2D eigenvalue weighted by atomic mass is 9.99. The number of hydrogen-bond donors (Lipinski definition) is 1. The fourth-order valence-corrected chi connectivity index (χ4v) is 4.48. The maximum atomic E-state index is 12.7. The Bertz CT molecular complexity index is 1270. The second-order valence-electron chi connectivity index (χ2n) is 8.03. The number of hydrogen-bond acceptors (Lipinski definition) is 5. The fourth-order valence-electron chi connectivity index (χ4n) is 3.56. The topological polar surface area (TPSA) is 72.7 Å². The van der Waals surface area contributed by atoms with E-state index >= 15 is 0 Å². The largest absolute Gasteiger partial charge is 0.325 e. The summed E-state index contributed by atoms with van der Waals surface area (Å²) in [5, 5.41) is 13.0. The standard InChI is InChI=1S/C26H26ClN5OS/c1-4-17(2)19-8-10-21(11-9-19)29-24(33)16-34-26-31-30-25(20-12-14-28-15-13-20)32(26)23-7-5-6-22(27)18(23)3/h5-15,17H,4,16H2,1-3H3,(H,29,33). The Morgan fingerprint density at radius 2 is 1.82 bits per heavy atom. The van der Waals surface area contributed by atoms with Crippen LogP contribution in [-0.2, 0) is 4.79 Å². The fraction of sp³-hybridized carbons (Fsp3) is 0.231. The van der Waals surface area contributed by atoms with E-state index in [0.717, 1.165) is 28.9 Å². The molecule has 0 saturated carbocycles. The van der Waals surface area contributed by atoms with Crippen LogP contribution >= 0.6 is 23.4 Å². The van der Waals surface area contributed by atoms with Crippen LogP contribution < -0.4 is 5.32 Å². The first-order chi connectivity index (χ1) is 16.5. The lowest BCUT2D eigenvalue weighted by Gasteiger charge is -2.14. The molecule has 4 rings (SSSR count). The van der Waals surface area contributed by atoms with Crippen molar-refractivity contribution in [1.29, 1.82) is 0 Å². The number of halogens is 1. The van der Waals surface area contributed by atoms with Gasteiger partial charge in [0, 0.05) is 28.7 Å². The Balaban J connectivity index is 1.56. The van der Waals surface area contributed by atoms with Crippen molar-refractivity contribution in [3.63, 3.8) is 0 Å². The number of aromatic nitrogens is 4. The van der Waals surface area contributed by atoms with E-state index < -0.39 is 0 Å². The van der Waals surface area contributed by atoms with Crippen LogP contribution in [-0.4, -0.2) is 31.4 Å². The molecule has 0 aliphatic heterocycles. The van der Waals surface area contributed by atoms with Gasteiger partial charge in [-0.05, 0) is 66.8 Å². The summed E-state index contributed by atoms with van der Waals surface area (Å²) in [6, 6.07) is 17.5. The quantitative estimate of drug-likeness (QED) is 0.283. The molecule has 0 fully saturated rings. The van der Waals surface area contributed by atoms with E-state index in [9.17, 15) is 4.79 Å². The number of benzene rings is 2. The molecule has 4 aromatic rings. The first-order valence-corrected chi connectivity index (χ1v) is 12.5. The summed E-state index contributed by atoms with van der Waals surface area (Å²) in [5.41, 5.74) is 4.70. The number of nitrogens with one attached hydrogen (secondary N) is 1. The second kappa shape index (κ2) is 10.8. The molecule has 34 heavy (non-hydrogen) atoms. The van der Waals surface area contributed by atoms with Crippen LogP contribution in [0.2, 0.25) is 5.02 Å². The van der Waals surface area contributed by atoms with Crippen LogP contribution in [0.25, 0.3) is 17.1 Å². The van der Waals surface area contributed by atoms with E-state index in [1.165, 1.54) is 17.3 Å². The predicted octanol–water partition coefficient (Wildman–Crippen LogP) is 6.54. The number of rotatable bonds is 8. The Labute approximate surface area is 208 Å². The Hall–Kier alpha value is -3.16. The molecule has 174 valence electrons. The molecule has 0 aliphatic carbocycles. The van der Waals surface area contributed by atoms with Crippen molar-refractivity contribution in [2.24, 2.45) is 0 Å². The summed E-state index contributed by atoms with van der Waals surface area (Å²) in [6.07, 6.45) is 4.51. The molecule has 0 bridgehead atoms. The Morgan fingerprint density at radius 3 is 2.53 bits per heavy atom. The number of anilines is 1. The number of nitrogens with zero attached hydrogens (tertiary/aromatic N) is 4. The minimum Gasteiger partial charge on any atom is -0.325 e. The zero-order valence-electron chi connectivity index (χ0n) is 19.3. The van der Waals surface area contributed by atoms with Crippen molar-refractivity contribution in [3.05, 3.63) is 83.1 Å². The van der Waals surface area contributed by atoms with E-state index in [2.05, 4.69) is 46.5 Å². The highest BCUT2D eigenvalue weighted by Crippen LogP contribution is 2.31. The predicted molar refractivity (Wildman–Crippen MR) is 139 cm³/mol. The molecule has 1 N–H and O–H groups in total. The zero-order valence-corrected chi connectivity index (χ0v) is 20.9. The van der Waals surface area contributed by atoms with Gasteiger partial charge >= 0.3 is 0 Å². The Morgan fingerprint density at radius 1 is 1.09 bits per heavy atom. The van der Waals surface area contributed by atoms with Crippen molar-refractivity contribution < 1.29 is 4.79 Å². The average Bonchev–Trinajstić information content (AvgIpc) is 3.28. The van der Waals surface area contributed by atoms with Gasteiger partial charge in [-0.15, -0.1) is 10.2 Å². The third kappa shape index (κ3) is 5.32. The minimum atomic E-state index is -0.107. The van der Waals surface area contributed by atoms with Crippen molar-refractivity contribution in [1.82, 2.24) is 19.7 Å². The normalized spacial score (nSPS) is 11.9. The maximum absolute atomic E-state index is 12.7. The zero-order chi connectivity index (χ0) is 24.1. The van der Waals surface area contributed by atoms with Crippen molar-refractivity contribution in [3.8, 4) is 17.1 Å². The number of carbonyl (C=O) groups excluding carboxylic acids is 1. The molecule has 0 spiro atoms. The van der Waals surface area contributed by atoms with Gasteiger partial charge in [-0.25, -0.2) is 0 Å². The van der Waals surface area contributed by atoms with Crippen LogP contribution in [0.4, 0.5) is 5.69 Å². The van der Waals surface area contributed by atoms with Gasteiger partial charge in [0.25, 0.3) is 0 Å². The second-order valence-corrected chi connectivity index (χ2v) is 9.38. The summed E-state index contributed by atoms with van der Waals surface area (Å²) < 4.78 is 1.94. The van der Waals surface area contributed by atoms with Crippen molar-refractivity contribution in [2.45, 2.75) is 38.3 Å². The summed E-state index contributed by atoms with van der Waals surface area (Å²) in [7, 11) is 0. The van der Waals surface area contributed by atoms with E-state index in [1.54, 1.807) is 12.4 Å². The lowest BCUT2D eigenvalue weighted by molar-refractivity contribution is -0.113. The SMILES string of the molecule is CCC(C)c1ccc(NC(=O)CSc2nnc(-c3ccncc3)n2-c2cccc(Cl)c2C)cc1. The third-order valence-electron chi connectivity index (χ3n) is 5.76. The minimum absolute atomic E-state index is 0.107. The molecule has 6 nitrogen and oxygen atoms in total. The first kappa shape index (κ1) is 24.0. The first-order valence-electron chi connectivity index (χ1n) is 11.1. The van der Waals surface area contributed by atoms with Gasteiger partial charge in [-0.1, -0.05) is 55.4 Å². The van der Waals surface area contributed by atoms with Crippen LogP contribution in [0.15, 0.2) is 72.1 Å². The molecule has 1 atom stereocenters. The summed E-state index contributed by atoms with van der Waals surface area (Å²) in [4.78, 5) is 16.8. The van der Waals surface area contributed by atoms with Gasteiger partial charge in [0.05, 0.1) is 11.4 Å². The number of carbonyl (C=O) groups is 1. The monoisotopic (exact) mass is 491 g/mol. The molecule has 8 heteroatoms. The molecular weight excluding hydrogens is 466 g/mol. The van der Waals surface area contributed by atoms with Crippen molar-refractivity contribution in [2.75, 3.05) is 11.1 Å². The van der Waals surface area contributed by atoms with Gasteiger partial charge < -0.3 is 5.32 Å². The van der Waals surface area contributed by atoms with Gasteiger partial charge in [0.1, 0.15) is 0 Å². The average molecular weight is 492 g/mol. The molecule has 1 unspecified atom stereocenters. The van der Waals surface area contributed by atoms with E-state index in [1.807, 2.05) is 54.0 Å². The summed E-state index contributed by atoms with van der Waals surface area (Å²) >= 11 is 7.73. The van der Waals surface area contributed by atoms with Gasteiger partial charge in [-0.2, -0.15) is 0 Å².